The zero-order chi connectivity index (χ0) is 26.0. The summed E-state index contributed by atoms with van der Waals surface area (Å²) in [5.41, 5.74) is -2.84. The number of hydrogen-bond acceptors (Lipinski definition) is 6. The second-order valence-corrected chi connectivity index (χ2v) is 8.28. The summed E-state index contributed by atoms with van der Waals surface area (Å²) in [6, 6.07) is 4.01. The van der Waals surface area contributed by atoms with Crippen LogP contribution in [0.5, 0.6) is 11.5 Å². The first-order valence-corrected chi connectivity index (χ1v) is 11.0. The molecule has 0 saturated carbocycles. The van der Waals surface area contributed by atoms with Gasteiger partial charge in [0.25, 0.3) is 5.91 Å². The maximum atomic E-state index is 14.3. The highest BCUT2D eigenvalue weighted by Gasteiger charge is 2.75. The predicted octanol–water partition coefficient (Wildman–Crippen LogP) is 1.48. The fraction of sp³-hybridized carbons (Fsp3) is 0.545. The van der Waals surface area contributed by atoms with Crippen molar-refractivity contribution < 1.29 is 41.8 Å². The van der Waals surface area contributed by atoms with Crippen molar-refractivity contribution in [3.63, 3.8) is 0 Å². The van der Waals surface area contributed by atoms with E-state index in [9.17, 15) is 32.3 Å². The number of carbonyl (C=O) groups is 4. The molecule has 2 fully saturated rings. The SMILES string of the molecule is CCCCC(=O)NC1(C(F)(F)F)C(=O)NC2C1C(=O)NC(=O)N2CCc1ccc(OC)c(OC)c1. The summed E-state index contributed by atoms with van der Waals surface area (Å²) in [7, 11) is 2.90. The van der Waals surface area contributed by atoms with Crippen molar-refractivity contribution in [3.8, 4) is 11.5 Å². The van der Waals surface area contributed by atoms with Gasteiger partial charge in [0.2, 0.25) is 17.4 Å². The number of ether oxygens (including phenoxy) is 2. The number of amides is 5. The first kappa shape index (κ1) is 26.1. The van der Waals surface area contributed by atoms with Crippen LogP contribution in [0.1, 0.15) is 31.7 Å². The Morgan fingerprint density at radius 2 is 1.86 bits per heavy atom. The standard InChI is InChI=1S/C22H27F3N4O6/c1-4-5-6-15(30)28-21(22(23,24)25)16-17(26-19(21)32)29(20(33)27-18(16)31)10-9-12-7-8-13(34-2)14(11-12)35-3/h7-8,11,16-17H,4-6,9-10H2,1-3H3,(H,26,32)(H,28,30)(H,27,31,33). The maximum absolute atomic E-state index is 14.3. The second-order valence-electron chi connectivity index (χ2n) is 8.28. The van der Waals surface area contributed by atoms with Gasteiger partial charge >= 0.3 is 12.2 Å². The molecule has 0 bridgehead atoms. The van der Waals surface area contributed by atoms with Gasteiger partial charge in [-0.3, -0.25) is 19.7 Å². The van der Waals surface area contributed by atoms with Gasteiger partial charge in [-0.05, 0) is 30.5 Å². The monoisotopic (exact) mass is 500 g/mol. The lowest BCUT2D eigenvalue weighted by Crippen LogP contribution is -2.72. The van der Waals surface area contributed by atoms with Gasteiger partial charge < -0.3 is 25.0 Å². The van der Waals surface area contributed by atoms with Crippen molar-refractivity contribution in [2.75, 3.05) is 20.8 Å². The van der Waals surface area contributed by atoms with Crippen LogP contribution >= 0.6 is 0 Å². The minimum absolute atomic E-state index is 0.131. The summed E-state index contributed by atoms with van der Waals surface area (Å²) in [4.78, 5) is 51.2. The van der Waals surface area contributed by atoms with Crippen LogP contribution < -0.4 is 25.4 Å². The normalized spacial score (nSPS) is 23.9. The van der Waals surface area contributed by atoms with Crippen LogP contribution in [-0.2, 0) is 20.8 Å². The van der Waals surface area contributed by atoms with Crippen molar-refractivity contribution >= 4 is 23.8 Å². The molecule has 0 aliphatic carbocycles. The summed E-state index contributed by atoms with van der Waals surface area (Å²) in [6.07, 6.45) is -6.13. The van der Waals surface area contributed by atoms with E-state index in [1.807, 2.05) is 5.32 Å². The molecule has 2 saturated heterocycles. The van der Waals surface area contributed by atoms with Crippen LogP contribution in [0, 0.1) is 5.92 Å². The fourth-order valence-corrected chi connectivity index (χ4v) is 4.35. The molecular formula is C22H27F3N4O6. The summed E-state index contributed by atoms with van der Waals surface area (Å²) < 4.78 is 53.4. The number of hydrogen-bond donors (Lipinski definition) is 3. The van der Waals surface area contributed by atoms with E-state index in [1.54, 1.807) is 30.4 Å². The van der Waals surface area contributed by atoms with Gasteiger partial charge in [0.05, 0.1) is 14.2 Å². The molecule has 0 radical (unpaired) electrons. The van der Waals surface area contributed by atoms with Gasteiger partial charge in [-0.15, -0.1) is 0 Å². The third kappa shape index (κ3) is 4.71. The molecule has 13 heteroatoms. The highest BCUT2D eigenvalue weighted by Crippen LogP contribution is 2.44. The van der Waals surface area contributed by atoms with Crippen LogP contribution in [0.2, 0.25) is 0 Å². The number of imide groups is 1. The molecule has 2 aliphatic rings. The molecule has 0 aromatic heterocycles. The third-order valence-corrected chi connectivity index (χ3v) is 6.16. The number of halogens is 3. The highest BCUT2D eigenvalue weighted by atomic mass is 19.4. The number of urea groups is 1. The number of alkyl halides is 3. The van der Waals surface area contributed by atoms with Crippen LogP contribution in [0.15, 0.2) is 18.2 Å². The van der Waals surface area contributed by atoms with E-state index in [-0.39, 0.29) is 19.4 Å². The number of nitrogens with one attached hydrogen (secondary N) is 3. The molecule has 3 unspecified atom stereocenters. The van der Waals surface area contributed by atoms with Gasteiger partial charge in [-0.2, -0.15) is 13.2 Å². The Labute approximate surface area is 199 Å². The average molecular weight is 500 g/mol. The summed E-state index contributed by atoms with van der Waals surface area (Å²) in [6.45, 7) is 1.62. The molecule has 35 heavy (non-hydrogen) atoms. The number of methoxy groups -OCH3 is 2. The quantitative estimate of drug-likeness (QED) is 0.472. The molecule has 3 rings (SSSR count). The van der Waals surface area contributed by atoms with Crippen molar-refractivity contribution in [3.05, 3.63) is 23.8 Å². The Balaban J connectivity index is 1.90. The lowest BCUT2D eigenvalue weighted by molar-refractivity contribution is -0.209. The van der Waals surface area contributed by atoms with Gasteiger partial charge in [0.15, 0.2) is 11.5 Å². The molecule has 3 atom stereocenters. The zero-order valence-corrected chi connectivity index (χ0v) is 19.5. The Kier molecular flexibility index (Phi) is 7.46. The van der Waals surface area contributed by atoms with Gasteiger partial charge in [0.1, 0.15) is 12.1 Å². The Morgan fingerprint density at radius 1 is 1.17 bits per heavy atom. The Bertz CT molecular complexity index is 1020. The molecule has 3 N–H and O–H groups in total. The number of nitrogens with zero attached hydrogens (tertiary/aromatic N) is 1. The fourth-order valence-electron chi connectivity index (χ4n) is 4.35. The molecule has 0 spiro atoms. The van der Waals surface area contributed by atoms with Gasteiger partial charge in [-0.25, -0.2) is 4.79 Å². The molecule has 10 nitrogen and oxygen atoms in total. The average Bonchev–Trinajstić information content (AvgIpc) is 3.10. The van der Waals surface area contributed by atoms with Crippen LogP contribution in [0.4, 0.5) is 18.0 Å². The summed E-state index contributed by atoms with van der Waals surface area (Å²) in [5.74, 6) is -5.12. The van der Waals surface area contributed by atoms with Crippen LogP contribution in [-0.4, -0.2) is 67.3 Å². The lowest BCUT2D eigenvalue weighted by atomic mass is 9.81. The van der Waals surface area contributed by atoms with E-state index >= 15 is 0 Å². The van der Waals surface area contributed by atoms with E-state index in [4.69, 9.17) is 9.47 Å². The number of unbranched alkanes of at least 4 members (excludes halogenated alkanes) is 1. The molecule has 2 heterocycles. The lowest BCUT2D eigenvalue weighted by Gasteiger charge is -2.41. The van der Waals surface area contributed by atoms with E-state index < -0.39 is 47.6 Å². The van der Waals surface area contributed by atoms with E-state index in [1.165, 1.54) is 14.2 Å². The Morgan fingerprint density at radius 3 is 2.46 bits per heavy atom. The van der Waals surface area contributed by atoms with Crippen molar-refractivity contribution in [1.29, 1.82) is 0 Å². The topological polar surface area (TPSA) is 126 Å². The predicted molar refractivity (Wildman–Crippen MR) is 115 cm³/mol. The van der Waals surface area contributed by atoms with E-state index in [0.29, 0.717) is 29.9 Å². The highest BCUT2D eigenvalue weighted by molar-refractivity contribution is 6.07. The third-order valence-electron chi connectivity index (χ3n) is 6.16. The zero-order valence-electron chi connectivity index (χ0n) is 19.5. The molecule has 5 amide bonds. The molecular weight excluding hydrogens is 473 g/mol. The number of fused-ring (bicyclic) bond motifs is 1. The van der Waals surface area contributed by atoms with Gasteiger partial charge in [-0.1, -0.05) is 19.4 Å². The second kappa shape index (κ2) is 10.0. The van der Waals surface area contributed by atoms with Crippen molar-refractivity contribution in [1.82, 2.24) is 20.9 Å². The van der Waals surface area contributed by atoms with Crippen molar-refractivity contribution in [2.24, 2.45) is 5.92 Å². The molecule has 2 aliphatic heterocycles. The first-order chi connectivity index (χ1) is 16.5. The minimum Gasteiger partial charge on any atom is -0.493 e. The Hall–Kier alpha value is -3.51. The number of rotatable bonds is 9. The first-order valence-electron chi connectivity index (χ1n) is 11.0. The number of benzene rings is 1. The van der Waals surface area contributed by atoms with Gasteiger partial charge in [0, 0.05) is 13.0 Å². The summed E-state index contributed by atoms with van der Waals surface area (Å²) >= 11 is 0. The summed E-state index contributed by atoms with van der Waals surface area (Å²) in [5, 5.41) is 5.81. The van der Waals surface area contributed by atoms with Crippen LogP contribution in [0.3, 0.4) is 0 Å². The van der Waals surface area contributed by atoms with E-state index in [0.717, 1.165) is 4.90 Å². The smallest absolute Gasteiger partial charge is 0.421 e. The molecule has 192 valence electrons. The largest absolute Gasteiger partial charge is 0.493 e. The maximum Gasteiger partial charge on any atom is 0.421 e. The van der Waals surface area contributed by atoms with Crippen LogP contribution in [0.25, 0.3) is 0 Å². The molecule has 1 aromatic carbocycles. The van der Waals surface area contributed by atoms with E-state index in [2.05, 4.69) is 5.32 Å². The molecule has 1 aromatic rings. The van der Waals surface area contributed by atoms with Crippen molar-refractivity contribution in [2.45, 2.75) is 50.5 Å². The number of carbonyl (C=O) groups excluding carboxylic acids is 4. The minimum atomic E-state index is -5.30.